The van der Waals surface area contributed by atoms with Crippen LogP contribution >= 0.6 is 0 Å². The summed E-state index contributed by atoms with van der Waals surface area (Å²) in [5, 5.41) is 0.970. The largest absolute Gasteiger partial charge is 0.497 e. The van der Waals surface area contributed by atoms with Gasteiger partial charge >= 0.3 is 0 Å². The molecule has 27 heavy (non-hydrogen) atoms. The number of methoxy groups -OCH3 is 1. The van der Waals surface area contributed by atoms with Gasteiger partial charge in [0, 0.05) is 23.1 Å². The lowest BCUT2D eigenvalue weighted by molar-refractivity contribution is 0.414. The van der Waals surface area contributed by atoms with Gasteiger partial charge in [-0.2, -0.15) is 0 Å². The highest BCUT2D eigenvalue weighted by Crippen LogP contribution is 2.47. The van der Waals surface area contributed by atoms with E-state index in [2.05, 4.69) is 15.0 Å². The van der Waals surface area contributed by atoms with Gasteiger partial charge < -0.3 is 14.5 Å². The Morgan fingerprint density at radius 2 is 1.93 bits per heavy atom. The Labute approximate surface area is 154 Å². The van der Waals surface area contributed by atoms with Crippen LogP contribution in [0.3, 0.4) is 0 Å². The van der Waals surface area contributed by atoms with Crippen molar-refractivity contribution in [2.24, 2.45) is 0 Å². The monoisotopic (exact) mass is 357 g/mol. The lowest BCUT2D eigenvalue weighted by Crippen LogP contribution is -2.23. The molecular formula is C21H15N3O3. The Bertz CT molecular complexity index is 1220. The van der Waals surface area contributed by atoms with E-state index in [9.17, 15) is 4.79 Å². The number of rotatable bonds is 2. The molecule has 0 saturated carbocycles. The molecule has 0 saturated heterocycles. The minimum Gasteiger partial charge on any atom is -0.497 e. The van der Waals surface area contributed by atoms with E-state index in [0.29, 0.717) is 17.2 Å². The smallest absolute Gasteiger partial charge is 0.258 e. The van der Waals surface area contributed by atoms with Crippen molar-refractivity contribution in [2.45, 2.75) is 5.92 Å². The molecule has 5 rings (SSSR count). The molecule has 0 amide bonds. The predicted molar refractivity (Wildman–Crippen MR) is 101 cm³/mol. The van der Waals surface area contributed by atoms with Gasteiger partial charge in [0.15, 0.2) is 5.75 Å². The van der Waals surface area contributed by atoms with Gasteiger partial charge in [-0.25, -0.2) is 4.98 Å². The first kappa shape index (κ1) is 15.6. The first-order chi connectivity index (χ1) is 13.3. The number of pyridine rings is 1. The maximum Gasteiger partial charge on any atom is 0.258 e. The van der Waals surface area contributed by atoms with E-state index in [1.54, 1.807) is 13.3 Å². The molecule has 6 nitrogen and oxygen atoms in total. The van der Waals surface area contributed by atoms with Gasteiger partial charge in [0.1, 0.15) is 11.3 Å². The SMILES string of the molecule is COc1ccc(C2c3ccc4cccnc4c3Oc3nc[nH]c(=O)c32)cc1. The molecule has 0 fully saturated rings. The molecule has 2 aromatic carbocycles. The number of hydrogen-bond acceptors (Lipinski definition) is 5. The second kappa shape index (κ2) is 5.95. The van der Waals surface area contributed by atoms with E-state index >= 15 is 0 Å². The molecule has 3 heterocycles. The van der Waals surface area contributed by atoms with Crippen molar-refractivity contribution >= 4 is 10.9 Å². The number of H-pyrrole nitrogens is 1. The molecule has 1 unspecified atom stereocenters. The average molecular weight is 357 g/mol. The molecular weight excluding hydrogens is 342 g/mol. The van der Waals surface area contributed by atoms with Crippen LogP contribution in [0.4, 0.5) is 0 Å². The Balaban J connectivity index is 1.81. The summed E-state index contributed by atoms with van der Waals surface area (Å²) in [7, 11) is 1.63. The minimum absolute atomic E-state index is 0.215. The van der Waals surface area contributed by atoms with Gasteiger partial charge in [0.2, 0.25) is 5.88 Å². The van der Waals surface area contributed by atoms with Crippen LogP contribution < -0.4 is 15.0 Å². The maximum absolute atomic E-state index is 12.6. The fourth-order valence-electron chi connectivity index (χ4n) is 3.59. The zero-order chi connectivity index (χ0) is 18.4. The third-order valence-electron chi connectivity index (χ3n) is 4.86. The number of aromatic amines is 1. The standard InChI is InChI=1S/C21H15N3O3/c1-26-14-7-4-12(5-8-14)16-15-9-6-13-3-2-10-22-18(13)19(15)27-21-17(16)20(25)23-11-24-21/h2-11,16H,1H3,(H,23,24,25). The second-order valence-electron chi connectivity index (χ2n) is 6.32. The highest BCUT2D eigenvalue weighted by Gasteiger charge is 2.33. The van der Waals surface area contributed by atoms with Crippen LogP contribution in [0.5, 0.6) is 17.4 Å². The van der Waals surface area contributed by atoms with Crippen molar-refractivity contribution in [3.05, 3.63) is 88.1 Å². The summed E-state index contributed by atoms with van der Waals surface area (Å²) < 4.78 is 11.3. The average Bonchev–Trinajstić information content (AvgIpc) is 2.72. The summed E-state index contributed by atoms with van der Waals surface area (Å²) in [4.78, 5) is 24.0. The number of ether oxygens (including phenoxy) is 2. The molecule has 4 aromatic rings. The molecule has 0 bridgehead atoms. The summed E-state index contributed by atoms with van der Waals surface area (Å²) in [6, 6.07) is 15.5. The van der Waals surface area contributed by atoms with E-state index in [1.165, 1.54) is 6.33 Å². The Morgan fingerprint density at radius 3 is 2.74 bits per heavy atom. The minimum atomic E-state index is -0.307. The summed E-state index contributed by atoms with van der Waals surface area (Å²) in [6.45, 7) is 0. The third kappa shape index (κ3) is 2.38. The Kier molecular flexibility index (Phi) is 3.43. The van der Waals surface area contributed by atoms with Crippen LogP contribution in [0.25, 0.3) is 10.9 Å². The van der Waals surface area contributed by atoms with Crippen molar-refractivity contribution in [3.8, 4) is 17.4 Å². The van der Waals surface area contributed by atoms with Crippen LogP contribution in [-0.2, 0) is 0 Å². The zero-order valence-electron chi connectivity index (χ0n) is 14.5. The first-order valence-corrected chi connectivity index (χ1v) is 8.53. The van der Waals surface area contributed by atoms with Gasteiger partial charge in [0.25, 0.3) is 5.56 Å². The van der Waals surface area contributed by atoms with Crippen molar-refractivity contribution in [1.82, 2.24) is 15.0 Å². The molecule has 6 heteroatoms. The number of hydrogen-bond donors (Lipinski definition) is 1. The topological polar surface area (TPSA) is 77.1 Å². The number of nitrogens with zero attached hydrogens (tertiary/aromatic N) is 2. The predicted octanol–water partition coefficient (Wildman–Crippen LogP) is 3.61. The molecule has 1 N–H and O–H groups in total. The van der Waals surface area contributed by atoms with E-state index in [0.717, 1.165) is 27.8 Å². The van der Waals surface area contributed by atoms with Crippen LogP contribution in [0.2, 0.25) is 0 Å². The van der Waals surface area contributed by atoms with Gasteiger partial charge in [-0.1, -0.05) is 30.3 Å². The molecule has 0 spiro atoms. The third-order valence-corrected chi connectivity index (χ3v) is 4.86. The van der Waals surface area contributed by atoms with Gasteiger partial charge in [-0.3, -0.25) is 9.78 Å². The fraction of sp³-hybridized carbons (Fsp3) is 0.0952. The summed E-state index contributed by atoms with van der Waals surface area (Å²) in [5.41, 5.74) is 2.87. The van der Waals surface area contributed by atoms with Crippen LogP contribution in [-0.4, -0.2) is 22.1 Å². The summed E-state index contributed by atoms with van der Waals surface area (Å²) in [5.74, 6) is 1.40. The second-order valence-corrected chi connectivity index (χ2v) is 6.32. The highest BCUT2D eigenvalue weighted by atomic mass is 16.5. The normalized spacial score (nSPS) is 14.9. The molecule has 132 valence electrons. The molecule has 1 aliphatic rings. The number of fused-ring (bicyclic) bond motifs is 4. The molecule has 0 radical (unpaired) electrons. The van der Waals surface area contributed by atoms with Crippen LogP contribution in [0, 0.1) is 0 Å². The van der Waals surface area contributed by atoms with Crippen molar-refractivity contribution < 1.29 is 9.47 Å². The number of benzene rings is 2. The van der Waals surface area contributed by atoms with E-state index in [1.807, 2.05) is 48.5 Å². The molecule has 1 atom stereocenters. The lowest BCUT2D eigenvalue weighted by atomic mass is 9.83. The van der Waals surface area contributed by atoms with Crippen molar-refractivity contribution in [3.63, 3.8) is 0 Å². The quantitative estimate of drug-likeness (QED) is 0.522. The summed E-state index contributed by atoms with van der Waals surface area (Å²) >= 11 is 0. The Hall–Kier alpha value is -3.67. The molecule has 1 aliphatic heterocycles. The van der Waals surface area contributed by atoms with E-state index in [4.69, 9.17) is 9.47 Å². The van der Waals surface area contributed by atoms with Crippen LogP contribution in [0.1, 0.15) is 22.6 Å². The maximum atomic E-state index is 12.6. The van der Waals surface area contributed by atoms with Crippen molar-refractivity contribution in [1.29, 1.82) is 0 Å². The van der Waals surface area contributed by atoms with Gasteiger partial charge in [-0.15, -0.1) is 0 Å². The lowest BCUT2D eigenvalue weighted by Gasteiger charge is -2.27. The summed E-state index contributed by atoms with van der Waals surface area (Å²) in [6.07, 6.45) is 3.09. The highest BCUT2D eigenvalue weighted by molar-refractivity contribution is 5.87. The zero-order valence-corrected chi connectivity index (χ0v) is 14.5. The van der Waals surface area contributed by atoms with Crippen LogP contribution in [0.15, 0.2) is 65.8 Å². The number of aromatic nitrogens is 3. The Morgan fingerprint density at radius 1 is 1.07 bits per heavy atom. The van der Waals surface area contributed by atoms with E-state index in [-0.39, 0.29) is 11.5 Å². The van der Waals surface area contributed by atoms with E-state index < -0.39 is 0 Å². The van der Waals surface area contributed by atoms with Gasteiger partial charge in [-0.05, 0) is 23.8 Å². The molecule has 2 aromatic heterocycles. The fourth-order valence-corrected chi connectivity index (χ4v) is 3.59. The molecule has 0 aliphatic carbocycles. The van der Waals surface area contributed by atoms with Gasteiger partial charge in [0.05, 0.1) is 19.0 Å². The number of nitrogens with one attached hydrogen (secondary N) is 1. The first-order valence-electron chi connectivity index (χ1n) is 8.53. The van der Waals surface area contributed by atoms with Crippen molar-refractivity contribution in [2.75, 3.05) is 7.11 Å².